The first-order valence-electron chi connectivity index (χ1n) is 13.0. The molecule has 0 amide bonds. The second-order valence-corrected chi connectivity index (χ2v) is 12.5. The van der Waals surface area contributed by atoms with Gasteiger partial charge in [-0.25, -0.2) is 37.3 Å². The summed E-state index contributed by atoms with van der Waals surface area (Å²) in [5, 5.41) is 15.8. The van der Waals surface area contributed by atoms with Crippen molar-refractivity contribution in [1.82, 2.24) is 24.2 Å². The van der Waals surface area contributed by atoms with Gasteiger partial charge in [0.25, 0.3) is 0 Å². The summed E-state index contributed by atoms with van der Waals surface area (Å²) in [4.78, 5) is 36.9. The summed E-state index contributed by atoms with van der Waals surface area (Å²) in [6.45, 7) is 3.96. The highest BCUT2D eigenvalue weighted by molar-refractivity contribution is 7.88. The largest absolute Gasteiger partial charge is 0.490 e. The van der Waals surface area contributed by atoms with E-state index in [0.29, 0.717) is 24.8 Å². The van der Waals surface area contributed by atoms with Gasteiger partial charge in [0.1, 0.15) is 17.1 Å². The van der Waals surface area contributed by atoms with Crippen LogP contribution in [-0.4, -0.2) is 92.6 Å². The number of nitrogens with one attached hydrogen (secondary N) is 1. The molecule has 1 fully saturated rings. The van der Waals surface area contributed by atoms with Crippen LogP contribution in [0.25, 0.3) is 11.0 Å². The van der Waals surface area contributed by atoms with E-state index in [2.05, 4.69) is 31.8 Å². The molecule has 1 saturated heterocycles. The number of hydrogen-bond donors (Lipinski definition) is 3. The van der Waals surface area contributed by atoms with Gasteiger partial charge in [-0.05, 0) is 31.9 Å². The van der Waals surface area contributed by atoms with Crippen molar-refractivity contribution in [2.75, 3.05) is 24.2 Å². The third-order valence-electron chi connectivity index (χ3n) is 7.00. The second kappa shape index (κ2) is 13.7. The molecule has 2 aliphatic heterocycles. The number of carboxylic acids is 2. The first-order chi connectivity index (χ1) is 20.7. The molecule has 20 heteroatoms. The fourth-order valence-electron chi connectivity index (χ4n) is 4.89. The Morgan fingerprint density at radius 2 is 1.60 bits per heavy atom. The van der Waals surface area contributed by atoms with Gasteiger partial charge in [-0.1, -0.05) is 11.6 Å². The minimum Gasteiger partial charge on any atom is -0.475 e. The Bertz CT molecular complexity index is 1620. The van der Waals surface area contributed by atoms with Crippen molar-refractivity contribution in [1.29, 1.82) is 0 Å². The molecule has 0 aliphatic carbocycles. The number of aromatic amines is 1. The van der Waals surface area contributed by atoms with Crippen LogP contribution in [0.15, 0.2) is 24.7 Å². The number of pyridine rings is 1. The Kier molecular flexibility index (Phi) is 10.9. The Hall–Kier alpha value is -3.71. The van der Waals surface area contributed by atoms with Gasteiger partial charge in [0, 0.05) is 55.2 Å². The van der Waals surface area contributed by atoms with E-state index in [4.69, 9.17) is 31.4 Å². The van der Waals surface area contributed by atoms with E-state index in [0.717, 1.165) is 52.9 Å². The minimum atomic E-state index is -5.08. The predicted molar refractivity (Wildman–Crippen MR) is 148 cm³/mol. The molecule has 3 aromatic rings. The van der Waals surface area contributed by atoms with Gasteiger partial charge in [0.05, 0.1) is 23.3 Å². The molecule has 0 spiro atoms. The summed E-state index contributed by atoms with van der Waals surface area (Å²) in [6, 6.07) is 4.20. The fraction of sp³-hybridized carbons (Fsp3) is 0.480. The summed E-state index contributed by atoms with van der Waals surface area (Å²) < 4.78 is 88.8. The predicted octanol–water partition coefficient (Wildman–Crippen LogP) is 4.36. The topological polar surface area (TPSA) is 170 Å². The lowest BCUT2D eigenvalue weighted by molar-refractivity contribution is -0.193. The molecule has 3 N–H and O–H groups in total. The molecule has 0 unspecified atom stereocenters. The highest BCUT2D eigenvalue weighted by Crippen LogP contribution is 2.37. The van der Waals surface area contributed by atoms with Crippen LogP contribution >= 0.6 is 11.6 Å². The normalized spacial score (nSPS) is 17.9. The minimum absolute atomic E-state index is 0.235. The van der Waals surface area contributed by atoms with Gasteiger partial charge in [0.15, 0.2) is 0 Å². The number of carbonyl (C=O) groups is 2. The smallest absolute Gasteiger partial charge is 0.475 e. The molecule has 248 valence electrons. The molecular formula is C25H27ClF6N6O6S. The number of rotatable bonds is 3. The molecule has 45 heavy (non-hydrogen) atoms. The lowest BCUT2D eigenvalue weighted by Crippen LogP contribution is -2.41. The lowest BCUT2D eigenvalue weighted by atomic mass is 9.87. The number of halogens is 7. The average molecular weight is 689 g/mol. The quantitative estimate of drug-likeness (QED) is 0.265. The van der Waals surface area contributed by atoms with Gasteiger partial charge in [-0.15, -0.1) is 0 Å². The molecule has 5 heterocycles. The van der Waals surface area contributed by atoms with E-state index in [1.165, 1.54) is 6.26 Å². The fourth-order valence-corrected chi connectivity index (χ4v) is 5.95. The Balaban J connectivity index is 0.000000331. The van der Waals surface area contributed by atoms with Crippen molar-refractivity contribution in [2.24, 2.45) is 0 Å². The Labute approximate surface area is 257 Å². The van der Waals surface area contributed by atoms with Crippen molar-refractivity contribution in [3.63, 3.8) is 0 Å². The average Bonchev–Trinajstić information content (AvgIpc) is 3.39. The van der Waals surface area contributed by atoms with Gasteiger partial charge >= 0.3 is 24.3 Å². The van der Waals surface area contributed by atoms with Crippen LogP contribution in [0.1, 0.15) is 42.6 Å². The van der Waals surface area contributed by atoms with Crippen LogP contribution in [0.2, 0.25) is 5.15 Å². The van der Waals surface area contributed by atoms with E-state index in [1.54, 1.807) is 10.6 Å². The monoisotopic (exact) mass is 688 g/mol. The number of hydrogen-bond acceptors (Lipinski definition) is 8. The van der Waals surface area contributed by atoms with Crippen molar-refractivity contribution in [2.45, 2.75) is 57.0 Å². The van der Waals surface area contributed by atoms with E-state index in [1.807, 2.05) is 18.3 Å². The maximum Gasteiger partial charge on any atom is 0.490 e. The number of aromatic nitrogens is 4. The van der Waals surface area contributed by atoms with Gasteiger partial charge in [0.2, 0.25) is 10.0 Å². The zero-order chi connectivity index (χ0) is 33.9. The number of alkyl halides is 6. The summed E-state index contributed by atoms with van der Waals surface area (Å²) in [5.74, 6) is -5.28. The van der Waals surface area contributed by atoms with Crippen LogP contribution in [0.5, 0.6) is 0 Å². The number of anilines is 1. The van der Waals surface area contributed by atoms with Crippen LogP contribution < -0.4 is 4.90 Å². The summed E-state index contributed by atoms with van der Waals surface area (Å²) in [6.07, 6.45) is -2.98. The van der Waals surface area contributed by atoms with E-state index in [-0.39, 0.29) is 12.0 Å². The molecule has 0 saturated carbocycles. The summed E-state index contributed by atoms with van der Waals surface area (Å²) in [5.41, 5.74) is 5.13. The maximum atomic E-state index is 11.9. The molecule has 5 rings (SSSR count). The second-order valence-electron chi connectivity index (χ2n) is 10.1. The maximum absolute atomic E-state index is 11.9. The van der Waals surface area contributed by atoms with Crippen LogP contribution in [0.3, 0.4) is 0 Å². The number of piperidine rings is 1. The Morgan fingerprint density at radius 3 is 2.11 bits per heavy atom. The standard InChI is InChI=1S/C21H25ClN6O2S.2C2HF3O2/c1-13-9-17-16(11-28(13)18-10-19(22)26-21-15(18)3-6-23-21)20(25-12-24-17)14-4-7-27(8-5-14)31(2,29)30;2*3-2(4,5)1(6)7/h3,6,10,12-14H,4-5,7-9,11H2,1-2H3,(H,23,26);2*(H,6,7)/t13-;;/m1../s1. The molecule has 0 radical (unpaired) electrons. The third-order valence-corrected chi connectivity index (χ3v) is 8.49. The first kappa shape index (κ1) is 35.8. The van der Waals surface area contributed by atoms with Crippen LogP contribution in [0.4, 0.5) is 32.0 Å². The van der Waals surface area contributed by atoms with Crippen LogP contribution in [-0.2, 0) is 32.6 Å². The van der Waals surface area contributed by atoms with E-state index < -0.39 is 34.3 Å². The number of fused-ring (bicyclic) bond motifs is 2. The SMILES string of the molecule is C[C@@H]1Cc2ncnc(C3CCN(S(C)(=O)=O)CC3)c2CN1c1cc(Cl)nc2[nH]ccc12.O=C(O)C(F)(F)F.O=C(O)C(F)(F)F. The molecule has 1 atom stereocenters. The molecule has 3 aromatic heterocycles. The Morgan fingerprint density at radius 1 is 1.04 bits per heavy atom. The van der Waals surface area contributed by atoms with Crippen molar-refractivity contribution < 1.29 is 54.6 Å². The summed E-state index contributed by atoms with van der Waals surface area (Å²) >= 11 is 6.32. The van der Waals surface area contributed by atoms with Crippen molar-refractivity contribution >= 4 is 50.3 Å². The molecule has 12 nitrogen and oxygen atoms in total. The molecule has 2 aliphatic rings. The highest BCUT2D eigenvalue weighted by atomic mass is 35.5. The number of nitrogens with zero attached hydrogens (tertiary/aromatic N) is 5. The third kappa shape index (κ3) is 9.16. The lowest BCUT2D eigenvalue weighted by Gasteiger charge is -2.38. The number of aliphatic carboxylic acids is 2. The van der Waals surface area contributed by atoms with Crippen LogP contribution in [0, 0.1) is 0 Å². The zero-order valence-electron chi connectivity index (χ0n) is 23.5. The molecular weight excluding hydrogens is 662 g/mol. The van der Waals surface area contributed by atoms with Gasteiger partial charge in [-0.2, -0.15) is 26.3 Å². The van der Waals surface area contributed by atoms with E-state index >= 15 is 0 Å². The van der Waals surface area contributed by atoms with Crippen molar-refractivity contribution in [3.05, 3.63) is 46.8 Å². The van der Waals surface area contributed by atoms with Gasteiger partial charge < -0.3 is 20.1 Å². The number of sulfonamides is 1. The van der Waals surface area contributed by atoms with Crippen molar-refractivity contribution in [3.8, 4) is 0 Å². The zero-order valence-corrected chi connectivity index (χ0v) is 25.1. The highest BCUT2D eigenvalue weighted by Gasteiger charge is 2.39. The molecule has 0 aromatic carbocycles. The summed E-state index contributed by atoms with van der Waals surface area (Å²) in [7, 11) is -3.15. The number of carboxylic acid groups (broad SMARTS) is 2. The van der Waals surface area contributed by atoms with E-state index in [9.17, 15) is 34.8 Å². The van der Waals surface area contributed by atoms with Gasteiger partial charge in [-0.3, -0.25) is 0 Å². The number of H-pyrrole nitrogens is 1. The molecule has 0 bridgehead atoms. The first-order valence-corrected chi connectivity index (χ1v) is 15.2.